The maximum atomic E-state index is 13.1. The predicted octanol–water partition coefficient (Wildman–Crippen LogP) is 4.78. The molecule has 0 amide bonds. The molecule has 0 aliphatic carbocycles. The van der Waals surface area contributed by atoms with Crippen molar-refractivity contribution in [2.75, 3.05) is 7.11 Å². The smallest absolute Gasteiger partial charge is 0.416 e. The van der Waals surface area contributed by atoms with Crippen molar-refractivity contribution in [2.24, 2.45) is 0 Å². The standard InChI is InChI=1S/C23H16F3N5O2S/c1-33-18-7-2-4-14(8-18)21-29-16(12-34-21)11-30-13-27-20-19(22(30)32)10-28-31(20)17-6-3-5-15(9-17)23(24,25)26/h2-10,12-13H,11H2,1H3. The van der Waals surface area contributed by atoms with Gasteiger partial charge in [0.1, 0.15) is 22.5 Å². The van der Waals surface area contributed by atoms with Crippen molar-refractivity contribution in [3.63, 3.8) is 0 Å². The molecule has 3 heterocycles. The van der Waals surface area contributed by atoms with E-state index in [0.29, 0.717) is 5.69 Å². The predicted molar refractivity (Wildman–Crippen MR) is 121 cm³/mol. The lowest BCUT2D eigenvalue weighted by molar-refractivity contribution is -0.137. The van der Waals surface area contributed by atoms with Gasteiger partial charge >= 0.3 is 6.18 Å². The molecule has 0 unspecified atom stereocenters. The van der Waals surface area contributed by atoms with Crippen molar-refractivity contribution in [3.05, 3.63) is 88.0 Å². The number of rotatable bonds is 5. The summed E-state index contributed by atoms with van der Waals surface area (Å²) in [5.74, 6) is 0.720. The Morgan fingerprint density at radius 1 is 1.12 bits per heavy atom. The molecule has 2 aromatic carbocycles. The number of nitrogens with zero attached hydrogens (tertiary/aromatic N) is 5. The van der Waals surface area contributed by atoms with E-state index in [1.165, 1.54) is 45.2 Å². The van der Waals surface area contributed by atoms with Gasteiger partial charge in [-0.25, -0.2) is 14.6 Å². The molecule has 3 aromatic heterocycles. The molecule has 0 saturated heterocycles. The minimum atomic E-state index is -4.49. The summed E-state index contributed by atoms with van der Waals surface area (Å²) in [7, 11) is 1.59. The van der Waals surface area contributed by atoms with Crippen molar-refractivity contribution < 1.29 is 17.9 Å². The van der Waals surface area contributed by atoms with Crippen LogP contribution in [0.25, 0.3) is 27.3 Å². The summed E-state index contributed by atoms with van der Waals surface area (Å²) in [5.41, 5.74) is 0.750. The van der Waals surface area contributed by atoms with Crippen molar-refractivity contribution in [1.82, 2.24) is 24.3 Å². The highest BCUT2D eigenvalue weighted by molar-refractivity contribution is 7.13. The fourth-order valence-electron chi connectivity index (χ4n) is 3.51. The second-order valence-corrected chi connectivity index (χ2v) is 8.25. The number of aromatic nitrogens is 5. The molecule has 172 valence electrons. The third kappa shape index (κ3) is 4.05. The molecule has 0 aliphatic heterocycles. The molecule has 5 rings (SSSR count). The number of hydrogen-bond acceptors (Lipinski definition) is 6. The summed E-state index contributed by atoms with van der Waals surface area (Å²) in [6, 6.07) is 12.2. The SMILES string of the molecule is COc1cccc(-c2nc(Cn3cnc4c(cnn4-c4cccc(C(F)(F)F)c4)c3=O)cs2)c1. The van der Waals surface area contributed by atoms with Gasteiger partial charge < -0.3 is 4.74 Å². The van der Waals surface area contributed by atoms with E-state index >= 15 is 0 Å². The Labute approximate surface area is 194 Å². The van der Waals surface area contributed by atoms with Crippen LogP contribution >= 0.6 is 11.3 Å². The average Bonchev–Trinajstić information content (AvgIpc) is 3.48. The summed E-state index contributed by atoms with van der Waals surface area (Å²) >= 11 is 1.44. The Hall–Kier alpha value is -3.99. The van der Waals surface area contributed by atoms with E-state index in [0.717, 1.165) is 28.5 Å². The van der Waals surface area contributed by atoms with E-state index in [9.17, 15) is 18.0 Å². The van der Waals surface area contributed by atoms with Crippen LogP contribution < -0.4 is 10.3 Å². The van der Waals surface area contributed by atoms with Gasteiger partial charge in [0.05, 0.1) is 36.8 Å². The second kappa shape index (κ2) is 8.41. The van der Waals surface area contributed by atoms with Gasteiger partial charge in [0.15, 0.2) is 5.65 Å². The normalized spacial score (nSPS) is 11.8. The fraction of sp³-hybridized carbons (Fsp3) is 0.130. The molecule has 5 aromatic rings. The molecule has 7 nitrogen and oxygen atoms in total. The van der Waals surface area contributed by atoms with Crippen molar-refractivity contribution in [2.45, 2.75) is 12.7 Å². The zero-order chi connectivity index (χ0) is 23.9. The van der Waals surface area contributed by atoms with Crippen LogP contribution in [0.4, 0.5) is 13.2 Å². The number of halogens is 3. The highest BCUT2D eigenvalue weighted by Gasteiger charge is 2.30. The van der Waals surface area contributed by atoms with Gasteiger partial charge in [-0.05, 0) is 30.3 Å². The Morgan fingerprint density at radius 2 is 1.94 bits per heavy atom. The van der Waals surface area contributed by atoms with Gasteiger partial charge in [-0.1, -0.05) is 18.2 Å². The van der Waals surface area contributed by atoms with Gasteiger partial charge in [-0.3, -0.25) is 9.36 Å². The molecule has 0 atom stereocenters. The van der Waals surface area contributed by atoms with E-state index in [1.54, 1.807) is 7.11 Å². The zero-order valence-corrected chi connectivity index (χ0v) is 18.5. The molecule has 0 bridgehead atoms. The third-order valence-corrected chi connectivity index (χ3v) is 6.11. The highest BCUT2D eigenvalue weighted by Crippen LogP contribution is 2.31. The van der Waals surface area contributed by atoms with Gasteiger partial charge in [0, 0.05) is 10.9 Å². The van der Waals surface area contributed by atoms with E-state index < -0.39 is 11.7 Å². The quantitative estimate of drug-likeness (QED) is 0.360. The molecular formula is C23H16F3N5O2S. The van der Waals surface area contributed by atoms with Crippen LogP contribution in [0.2, 0.25) is 0 Å². The number of benzene rings is 2. The fourth-order valence-corrected chi connectivity index (χ4v) is 4.31. The van der Waals surface area contributed by atoms with Crippen LogP contribution in [0.5, 0.6) is 5.75 Å². The highest BCUT2D eigenvalue weighted by atomic mass is 32.1. The maximum absolute atomic E-state index is 13.1. The van der Waals surface area contributed by atoms with Crippen LogP contribution in [0.3, 0.4) is 0 Å². The minimum absolute atomic E-state index is 0.164. The Balaban J connectivity index is 1.45. The lowest BCUT2D eigenvalue weighted by atomic mass is 10.2. The lowest BCUT2D eigenvalue weighted by Crippen LogP contribution is -2.21. The molecule has 0 spiro atoms. The molecule has 34 heavy (non-hydrogen) atoms. The number of methoxy groups -OCH3 is 1. The van der Waals surface area contributed by atoms with Crippen LogP contribution in [-0.2, 0) is 12.7 Å². The number of hydrogen-bond donors (Lipinski definition) is 0. The Bertz CT molecular complexity index is 1550. The topological polar surface area (TPSA) is 74.8 Å². The number of alkyl halides is 3. The largest absolute Gasteiger partial charge is 0.497 e. The van der Waals surface area contributed by atoms with Crippen molar-refractivity contribution >= 4 is 22.4 Å². The first-order valence-corrected chi connectivity index (χ1v) is 10.9. The molecular weight excluding hydrogens is 467 g/mol. The summed E-state index contributed by atoms with van der Waals surface area (Å²) < 4.78 is 47.1. The van der Waals surface area contributed by atoms with E-state index in [1.807, 2.05) is 29.6 Å². The lowest BCUT2D eigenvalue weighted by Gasteiger charge is -2.09. The van der Waals surface area contributed by atoms with Gasteiger partial charge in [-0.2, -0.15) is 18.3 Å². The van der Waals surface area contributed by atoms with Gasteiger partial charge in [-0.15, -0.1) is 11.3 Å². The molecule has 0 fully saturated rings. The molecule has 0 saturated carbocycles. The first kappa shape index (κ1) is 21.8. The first-order valence-electron chi connectivity index (χ1n) is 10.0. The van der Waals surface area contributed by atoms with E-state index in [4.69, 9.17) is 4.74 Å². The van der Waals surface area contributed by atoms with Crippen molar-refractivity contribution in [1.29, 1.82) is 0 Å². The van der Waals surface area contributed by atoms with Crippen LogP contribution in [0, 0.1) is 0 Å². The van der Waals surface area contributed by atoms with Crippen LogP contribution in [0.15, 0.2) is 71.2 Å². The summed E-state index contributed by atoms with van der Waals surface area (Å²) in [6.45, 7) is 0.191. The van der Waals surface area contributed by atoms with Gasteiger partial charge in [0.2, 0.25) is 0 Å². The number of fused-ring (bicyclic) bond motifs is 1. The summed E-state index contributed by atoms with van der Waals surface area (Å²) in [5, 5.41) is 6.95. The monoisotopic (exact) mass is 483 g/mol. The minimum Gasteiger partial charge on any atom is -0.497 e. The molecule has 11 heteroatoms. The second-order valence-electron chi connectivity index (χ2n) is 7.40. The van der Waals surface area contributed by atoms with Crippen molar-refractivity contribution in [3.8, 4) is 22.0 Å². The van der Waals surface area contributed by atoms with Crippen LogP contribution in [0.1, 0.15) is 11.3 Å². The number of thiazole rings is 1. The summed E-state index contributed by atoms with van der Waals surface area (Å²) in [6.07, 6.45) is -1.83. The Morgan fingerprint density at radius 3 is 2.74 bits per heavy atom. The average molecular weight is 483 g/mol. The van der Waals surface area contributed by atoms with Crippen LogP contribution in [-0.4, -0.2) is 31.4 Å². The number of ether oxygens (including phenoxy) is 1. The third-order valence-electron chi connectivity index (χ3n) is 5.17. The van der Waals surface area contributed by atoms with Gasteiger partial charge in [0.25, 0.3) is 5.56 Å². The maximum Gasteiger partial charge on any atom is 0.416 e. The molecule has 0 N–H and O–H groups in total. The Kier molecular flexibility index (Phi) is 5.40. The first-order chi connectivity index (χ1) is 16.3. The summed E-state index contributed by atoms with van der Waals surface area (Å²) in [4.78, 5) is 21.9. The molecule has 0 aliphatic rings. The molecule has 0 radical (unpaired) electrons. The van der Waals surface area contributed by atoms with E-state index in [2.05, 4.69) is 15.1 Å². The van der Waals surface area contributed by atoms with E-state index in [-0.39, 0.29) is 28.8 Å². The zero-order valence-electron chi connectivity index (χ0n) is 17.7.